The van der Waals surface area contributed by atoms with Gasteiger partial charge in [0.05, 0.1) is 13.7 Å². The standard InChI is InChI=1S/C12H20N2O4S/c1-14(6-7-17-2)19(15,16)12-5-4-10(9-13)8-11(12)18-3/h4-5,8H,6-7,9,13H2,1-3H3. The van der Waals surface area contributed by atoms with Gasteiger partial charge in [0.1, 0.15) is 10.6 Å². The van der Waals surface area contributed by atoms with E-state index in [2.05, 4.69) is 0 Å². The van der Waals surface area contributed by atoms with Crippen molar-refractivity contribution in [3.63, 3.8) is 0 Å². The SMILES string of the molecule is COCCN(C)S(=O)(=O)c1ccc(CN)cc1OC. The van der Waals surface area contributed by atoms with Gasteiger partial charge in [0.2, 0.25) is 10.0 Å². The fourth-order valence-corrected chi connectivity index (χ4v) is 2.85. The smallest absolute Gasteiger partial charge is 0.246 e. The van der Waals surface area contributed by atoms with Gasteiger partial charge >= 0.3 is 0 Å². The second kappa shape index (κ2) is 6.85. The largest absolute Gasteiger partial charge is 0.495 e. The molecule has 0 radical (unpaired) electrons. The van der Waals surface area contributed by atoms with Crippen LogP contribution >= 0.6 is 0 Å². The van der Waals surface area contributed by atoms with Gasteiger partial charge in [-0.05, 0) is 17.7 Å². The molecule has 0 aromatic heterocycles. The molecule has 0 saturated carbocycles. The number of likely N-dealkylation sites (N-methyl/N-ethyl adjacent to an activating group) is 1. The first-order chi connectivity index (χ1) is 8.97. The Kier molecular flexibility index (Phi) is 5.74. The molecule has 2 N–H and O–H groups in total. The van der Waals surface area contributed by atoms with Crippen LogP contribution in [0.2, 0.25) is 0 Å². The van der Waals surface area contributed by atoms with Crippen LogP contribution in [0.1, 0.15) is 5.56 Å². The number of ether oxygens (including phenoxy) is 2. The van der Waals surface area contributed by atoms with Crippen molar-refractivity contribution in [2.24, 2.45) is 5.73 Å². The third-order valence-corrected chi connectivity index (χ3v) is 4.66. The first-order valence-electron chi connectivity index (χ1n) is 5.79. The van der Waals surface area contributed by atoms with E-state index in [1.807, 2.05) is 0 Å². The molecule has 0 heterocycles. The molecule has 0 amide bonds. The van der Waals surface area contributed by atoms with E-state index >= 15 is 0 Å². The van der Waals surface area contributed by atoms with E-state index in [1.165, 1.54) is 31.6 Å². The summed E-state index contributed by atoms with van der Waals surface area (Å²) in [5.41, 5.74) is 6.34. The lowest BCUT2D eigenvalue weighted by Crippen LogP contribution is -2.30. The van der Waals surface area contributed by atoms with Gasteiger partial charge in [-0.2, -0.15) is 4.31 Å². The average molecular weight is 288 g/mol. The lowest BCUT2D eigenvalue weighted by molar-refractivity contribution is 0.185. The molecule has 0 bridgehead atoms. The van der Waals surface area contributed by atoms with Crippen molar-refractivity contribution in [3.8, 4) is 5.75 Å². The summed E-state index contributed by atoms with van der Waals surface area (Å²) in [7, 11) is 0.872. The fraction of sp³-hybridized carbons (Fsp3) is 0.500. The van der Waals surface area contributed by atoms with Gasteiger partial charge in [-0.15, -0.1) is 0 Å². The van der Waals surface area contributed by atoms with Gasteiger partial charge in [0, 0.05) is 27.2 Å². The topological polar surface area (TPSA) is 81.9 Å². The molecular weight excluding hydrogens is 268 g/mol. The summed E-state index contributed by atoms with van der Waals surface area (Å²) in [5, 5.41) is 0. The van der Waals surface area contributed by atoms with Gasteiger partial charge < -0.3 is 15.2 Å². The molecule has 6 nitrogen and oxygen atoms in total. The predicted molar refractivity (Wildman–Crippen MR) is 72.6 cm³/mol. The zero-order valence-electron chi connectivity index (χ0n) is 11.4. The van der Waals surface area contributed by atoms with Gasteiger partial charge in [0.15, 0.2) is 0 Å². The molecule has 1 aromatic carbocycles. The Bertz CT molecular complexity index is 516. The van der Waals surface area contributed by atoms with Crippen molar-refractivity contribution in [2.45, 2.75) is 11.4 Å². The van der Waals surface area contributed by atoms with Crippen LogP contribution in [0.3, 0.4) is 0 Å². The van der Waals surface area contributed by atoms with Crippen LogP contribution in [0.4, 0.5) is 0 Å². The van der Waals surface area contributed by atoms with Gasteiger partial charge in [0.25, 0.3) is 0 Å². The first-order valence-corrected chi connectivity index (χ1v) is 7.23. The van der Waals surface area contributed by atoms with Crippen LogP contribution in [-0.4, -0.2) is 47.1 Å². The molecule has 7 heteroatoms. The second-order valence-electron chi connectivity index (χ2n) is 4.01. The Labute approximate surface area is 114 Å². The highest BCUT2D eigenvalue weighted by molar-refractivity contribution is 7.89. The molecule has 0 aliphatic heterocycles. The summed E-state index contributed by atoms with van der Waals surface area (Å²) in [6.07, 6.45) is 0. The number of hydrogen-bond donors (Lipinski definition) is 1. The van der Waals surface area contributed by atoms with Crippen LogP contribution in [0.15, 0.2) is 23.1 Å². The first kappa shape index (κ1) is 15.9. The summed E-state index contributed by atoms with van der Waals surface area (Å²) < 4.78 is 36.0. The van der Waals surface area contributed by atoms with Crippen molar-refractivity contribution in [2.75, 3.05) is 34.4 Å². The molecule has 19 heavy (non-hydrogen) atoms. The van der Waals surface area contributed by atoms with Gasteiger partial charge in [-0.25, -0.2) is 8.42 Å². The summed E-state index contributed by atoms with van der Waals surface area (Å²) in [6.45, 7) is 0.940. The molecule has 1 rings (SSSR count). The van der Waals surface area contributed by atoms with Crippen molar-refractivity contribution in [3.05, 3.63) is 23.8 Å². The van der Waals surface area contributed by atoms with Crippen LogP contribution in [0.5, 0.6) is 5.75 Å². The number of nitrogens with zero attached hydrogens (tertiary/aromatic N) is 1. The summed E-state index contributed by atoms with van der Waals surface area (Å²) >= 11 is 0. The monoisotopic (exact) mass is 288 g/mol. The third-order valence-electron chi connectivity index (χ3n) is 2.76. The number of benzene rings is 1. The van der Waals surface area contributed by atoms with E-state index in [0.717, 1.165) is 5.56 Å². The zero-order chi connectivity index (χ0) is 14.5. The normalized spacial score (nSPS) is 11.8. The van der Waals surface area contributed by atoms with E-state index in [1.54, 1.807) is 12.1 Å². The second-order valence-corrected chi connectivity index (χ2v) is 6.02. The number of rotatable bonds is 7. The predicted octanol–water partition coefficient (Wildman–Crippen LogP) is 0.421. The quantitative estimate of drug-likeness (QED) is 0.786. The third kappa shape index (κ3) is 3.66. The Morgan fingerprint density at radius 1 is 1.32 bits per heavy atom. The number of nitrogens with two attached hydrogens (primary N) is 1. The minimum atomic E-state index is -3.59. The molecule has 0 spiro atoms. The molecule has 1 aromatic rings. The Hall–Kier alpha value is -1.15. The molecule has 108 valence electrons. The highest BCUT2D eigenvalue weighted by Crippen LogP contribution is 2.27. The lowest BCUT2D eigenvalue weighted by Gasteiger charge is -2.18. The molecule has 0 atom stereocenters. The van der Waals surface area contributed by atoms with E-state index in [0.29, 0.717) is 18.9 Å². The lowest BCUT2D eigenvalue weighted by atomic mass is 10.2. The van der Waals surface area contributed by atoms with Crippen molar-refractivity contribution >= 4 is 10.0 Å². The van der Waals surface area contributed by atoms with Gasteiger partial charge in [-0.3, -0.25) is 0 Å². The van der Waals surface area contributed by atoms with Crippen LogP contribution in [0.25, 0.3) is 0 Å². The van der Waals surface area contributed by atoms with Crippen molar-refractivity contribution in [1.29, 1.82) is 0 Å². The fourth-order valence-electron chi connectivity index (χ4n) is 1.56. The summed E-state index contributed by atoms with van der Waals surface area (Å²) in [6, 6.07) is 4.83. The number of methoxy groups -OCH3 is 2. The maximum atomic E-state index is 12.4. The van der Waals surface area contributed by atoms with Crippen molar-refractivity contribution in [1.82, 2.24) is 4.31 Å². The maximum Gasteiger partial charge on any atom is 0.246 e. The molecule has 0 unspecified atom stereocenters. The molecule has 0 aliphatic carbocycles. The Morgan fingerprint density at radius 3 is 2.53 bits per heavy atom. The molecule has 0 aliphatic rings. The summed E-state index contributed by atoms with van der Waals surface area (Å²) in [4.78, 5) is 0.130. The van der Waals surface area contributed by atoms with E-state index in [-0.39, 0.29) is 11.4 Å². The highest BCUT2D eigenvalue weighted by Gasteiger charge is 2.24. The molecule has 0 saturated heterocycles. The van der Waals surface area contributed by atoms with Crippen LogP contribution in [-0.2, 0) is 21.3 Å². The van der Waals surface area contributed by atoms with Gasteiger partial charge in [-0.1, -0.05) is 6.07 Å². The zero-order valence-corrected chi connectivity index (χ0v) is 12.2. The average Bonchev–Trinajstić information content (AvgIpc) is 2.43. The Balaban J connectivity index is 3.13. The molecule has 0 fully saturated rings. The minimum Gasteiger partial charge on any atom is -0.495 e. The number of sulfonamides is 1. The Morgan fingerprint density at radius 2 is 2.00 bits per heavy atom. The maximum absolute atomic E-state index is 12.4. The van der Waals surface area contributed by atoms with E-state index < -0.39 is 10.0 Å². The highest BCUT2D eigenvalue weighted by atomic mass is 32.2. The molecular formula is C12H20N2O4S. The minimum absolute atomic E-state index is 0.130. The van der Waals surface area contributed by atoms with E-state index in [4.69, 9.17) is 15.2 Å². The van der Waals surface area contributed by atoms with Crippen LogP contribution < -0.4 is 10.5 Å². The van der Waals surface area contributed by atoms with E-state index in [9.17, 15) is 8.42 Å². The van der Waals surface area contributed by atoms with Crippen molar-refractivity contribution < 1.29 is 17.9 Å². The summed E-state index contributed by atoms with van der Waals surface area (Å²) in [5.74, 6) is 0.298. The van der Waals surface area contributed by atoms with Crippen LogP contribution in [0, 0.1) is 0 Å². The number of hydrogen-bond acceptors (Lipinski definition) is 5.